The number of aromatic nitrogens is 3. The molecule has 1 saturated carbocycles. The molecule has 9 nitrogen and oxygen atoms in total. The van der Waals surface area contributed by atoms with E-state index in [2.05, 4.69) is 40.2 Å². The number of pyridine rings is 2. The Hall–Kier alpha value is -3.24. The first-order valence-corrected chi connectivity index (χ1v) is 18.8. The average molecular weight is 594 g/mol. The van der Waals surface area contributed by atoms with E-state index in [1.165, 1.54) is 0 Å². The average Bonchev–Trinajstić information content (AvgIpc) is 3.29. The highest BCUT2D eigenvalue weighted by Gasteiger charge is 2.31. The summed E-state index contributed by atoms with van der Waals surface area (Å²) in [6.45, 7) is 15.7. The van der Waals surface area contributed by atoms with Crippen molar-refractivity contribution in [1.82, 2.24) is 19.9 Å². The molecule has 2 amide bonds. The summed E-state index contributed by atoms with van der Waals surface area (Å²) in [5, 5.41) is 7.04. The van der Waals surface area contributed by atoms with Crippen LogP contribution in [-0.4, -0.2) is 52.9 Å². The molecule has 10 heteroatoms. The molecule has 0 spiro atoms. The molecular formula is C32H47N5O4Si. The number of ether oxygens (including phenoxy) is 2. The van der Waals surface area contributed by atoms with E-state index in [-0.39, 0.29) is 17.9 Å². The number of alkyl carbamates (subject to hydrolysis) is 1. The van der Waals surface area contributed by atoms with E-state index in [1.807, 2.05) is 62.6 Å². The van der Waals surface area contributed by atoms with Crippen molar-refractivity contribution >= 4 is 36.8 Å². The first kappa shape index (κ1) is 31.7. The lowest BCUT2D eigenvalue weighted by atomic mass is 9.78. The van der Waals surface area contributed by atoms with E-state index in [4.69, 9.17) is 9.47 Å². The number of hydrogen-bond donors (Lipinski definition) is 2. The molecule has 0 saturated heterocycles. The summed E-state index contributed by atoms with van der Waals surface area (Å²) >= 11 is 0. The Morgan fingerprint density at radius 1 is 1.07 bits per heavy atom. The number of nitrogens with one attached hydrogen (secondary N) is 2. The monoisotopic (exact) mass is 593 g/mol. The van der Waals surface area contributed by atoms with Crippen molar-refractivity contribution in [2.75, 3.05) is 11.9 Å². The predicted octanol–water partition coefficient (Wildman–Crippen LogP) is 7.07. The van der Waals surface area contributed by atoms with Gasteiger partial charge in [-0.2, -0.15) is 0 Å². The third-order valence-corrected chi connectivity index (χ3v) is 9.50. The second-order valence-electron chi connectivity index (χ2n) is 13.7. The largest absolute Gasteiger partial charge is 0.444 e. The number of anilines is 1. The standard InChI is InChI=1S/C32H47N5O4Si/c1-22(35-31(39)41-32(2,3)4)23-11-13-24(14-12-23)30(38)36-26-15-17-34-29-25(26)20-28(27-10-8-9-16-33-27)37(29)21-40-18-19-42(5,6)7/h8-10,15-17,20,22-24H,11-14,18-19,21H2,1-7H3,(H,35,39)(H,34,36,38)/t22?,23-,24-. The molecule has 2 N–H and O–H groups in total. The topological polar surface area (TPSA) is 107 Å². The molecule has 1 aliphatic rings. The molecule has 0 bridgehead atoms. The fourth-order valence-corrected chi connectivity index (χ4v) is 6.13. The molecule has 1 fully saturated rings. The normalized spacial score (nSPS) is 18.5. The fourth-order valence-electron chi connectivity index (χ4n) is 5.38. The van der Waals surface area contributed by atoms with Crippen LogP contribution in [0.15, 0.2) is 42.7 Å². The van der Waals surface area contributed by atoms with Crippen LogP contribution >= 0.6 is 0 Å². The molecule has 228 valence electrons. The predicted molar refractivity (Wildman–Crippen MR) is 170 cm³/mol. The Morgan fingerprint density at radius 2 is 1.81 bits per heavy atom. The van der Waals surface area contributed by atoms with E-state index in [0.717, 1.165) is 59.8 Å². The lowest BCUT2D eigenvalue weighted by molar-refractivity contribution is -0.121. The zero-order valence-electron chi connectivity index (χ0n) is 26.2. The van der Waals surface area contributed by atoms with Gasteiger partial charge in [0.15, 0.2) is 0 Å². The Bertz CT molecular complexity index is 1350. The highest BCUT2D eigenvalue weighted by atomic mass is 28.3. The van der Waals surface area contributed by atoms with Crippen LogP contribution in [-0.2, 0) is 21.0 Å². The third kappa shape index (κ3) is 8.64. The van der Waals surface area contributed by atoms with Gasteiger partial charge in [0.25, 0.3) is 0 Å². The highest BCUT2D eigenvalue weighted by molar-refractivity contribution is 6.76. The van der Waals surface area contributed by atoms with Gasteiger partial charge >= 0.3 is 6.09 Å². The molecule has 3 aromatic rings. The van der Waals surface area contributed by atoms with Gasteiger partial charge in [-0.15, -0.1) is 0 Å². The maximum atomic E-state index is 13.4. The number of nitrogens with zero attached hydrogens (tertiary/aromatic N) is 3. The Labute approximate surface area is 250 Å². The maximum absolute atomic E-state index is 13.4. The van der Waals surface area contributed by atoms with Crippen LogP contribution in [0.3, 0.4) is 0 Å². The smallest absolute Gasteiger partial charge is 0.407 e. The molecule has 1 unspecified atom stereocenters. The summed E-state index contributed by atoms with van der Waals surface area (Å²) in [5.74, 6) is 0.248. The van der Waals surface area contributed by atoms with Crippen LogP contribution in [0.4, 0.5) is 10.5 Å². The van der Waals surface area contributed by atoms with Crippen molar-refractivity contribution in [1.29, 1.82) is 0 Å². The van der Waals surface area contributed by atoms with Crippen LogP contribution in [0.5, 0.6) is 0 Å². The summed E-state index contributed by atoms with van der Waals surface area (Å²) in [6.07, 6.45) is 6.41. The first-order chi connectivity index (χ1) is 19.8. The summed E-state index contributed by atoms with van der Waals surface area (Å²) in [5.41, 5.74) is 2.70. The molecule has 3 heterocycles. The van der Waals surface area contributed by atoms with Crippen molar-refractivity contribution < 1.29 is 19.1 Å². The minimum atomic E-state index is -1.22. The molecule has 1 atom stereocenters. The SMILES string of the molecule is CC(NC(=O)OC(C)(C)C)[C@H]1CC[C@H](C(=O)Nc2ccnc3c2cc(-c2ccccn2)n3COCC[Si](C)(C)C)CC1. The van der Waals surface area contributed by atoms with E-state index < -0.39 is 19.8 Å². The quantitative estimate of drug-likeness (QED) is 0.192. The highest BCUT2D eigenvalue weighted by Crippen LogP contribution is 2.34. The van der Waals surface area contributed by atoms with E-state index in [1.54, 1.807) is 12.4 Å². The molecule has 4 rings (SSSR count). The second-order valence-corrected chi connectivity index (χ2v) is 19.3. The van der Waals surface area contributed by atoms with Gasteiger partial charge in [-0.05, 0) is 89.6 Å². The van der Waals surface area contributed by atoms with Gasteiger partial charge in [-0.3, -0.25) is 14.3 Å². The lowest BCUT2D eigenvalue weighted by Gasteiger charge is -2.32. The molecule has 0 aromatic carbocycles. The van der Waals surface area contributed by atoms with Crippen molar-refractivity contribution in [3.63, 3.8) is 0 Å². The van der Waals surface area contributed by atoms with Crippen LogP contribution in [0.1, 0.15) is 53.4 Å². The lowest BCUT2D eigenvalue weighted by Crippen LogP contribution is -2.42. The van der Waals surface area contributed by atoms with E-state index >= 15 is 0 Å². The van der Waals surface area contributed by atoms with Crippen LogP contribution < -0.4 is 10.6 Å². The molecular weight excluding hydrogens is 546 g/mol. The summed E-state index contributed by atoms with van der Waals surface area (Å²) in [6, 6.07) is 10.8. The summed E-state index contributed by atoms with van der Waals surface area (Å²) < 4.78 is 13.6. The van der Waals surface area contributed by atoms with Crippen LogP contribution in [0.25, 0.3) is 22.4 Å². The zero-order valence-corrected chi connectivity index (χ0v) is 27.2. The van der Waals surface area contributed by atoms with Crippen molar-refractivity contribution in [3.05, 3.63) is 42.7 Å². The second kappa shape index (κ2) is 13.4. The fraction of sp³-hybridized carbons (Fsp3) is 0.562. The maximum Gasteiger partial charge on any atom is 0.407 e. The Kier molecular flexibility index (Phi) is 10.1. The Balaban J connectivity index is 1.44. The number of fused-ring (bicyclic) bond motifs is 1. The zero-order chi connectivity index (χ0) is 30.5. The number of rotatable bonds is 10. The minimum Gasteiger partial charge on any atom is -0.444 e. The van der Waals surface area contributed by atoms with E-state index in [9.17, 15) is 9.59 Å². The third-order valence-electron chi connectivity index (χ3n) is 7.79. The van der Waals surface area contributed by atoms with Crippen LogP contribution in [0, 0.1) is 11.8 Å². The van der Waals surface area contributed by atoms with Gasteiger partial charge in [-0.25, -0.2) is 9.78 Å². The minimum absolute atomic E-state index is 0.0126. The molecule has 0 radical (unpaired) electrons. The number of amides is 2. The number of carbonyl (C=O) groups excluding carboxylic acids is 2. The van der Waals surface area contributed by atoms with E-state index in [0.29, 0.717) is 19.3 Å². The molecule has 0 aliphatic heterocycles. The number of carbonyl (C=O) groups is 2. The van der Waals surface area contributed by atoms with Crippen molar-refractivity contribution in [2.45, 2.75) is 97.4 Å². The summed E-state index contributed by atoms with van der Waals surface area (Å²) in [7, 11) is -1.22. The van der Waals surface area contributed by atoms with Gasteiger partial charge in [0.2, 0.25) is 5.91 Å². The van der Waals surface area contributed by atoms with Crippen LogP contribution in [0.2, 0.25) is 25.7 Å². The van der Waals surface area contributed by atoms with Gasteiger partial charge in [0.1, 0.15) is 18.0 Å². The van der Waals surface area contributed by atoms with Crippen molar-refractivity contribution in [2.24, 2.45) is 11.8 Å². The summed E-state index contributed by atoms with van der Waals surface area (Å²) in [4.78, 5) is 34.9. The molecule has 3 aromatic heterocycles. The Morgan fingerprint density at radius 3 is 2.45 bits per heavy atom. The first-order valence-electron chi connectivity index (χ1n) is 15.1. The van der Waals surface area contributed by atoms with Gasteiger partial charge < -0.3 is 20.1 Å². The molecule has 1 aliphatic carbocycles. The van der Waals surface area contributed by atoms with Gasteiger partial charge in [0.05, 0.1) is 17.1 Å². The van der Waals surface area contributed by atoms with Gasteiger partial charge in [-0.1, -0.05) is 25.7 Å². The molecule has 42 heavy (non-hydrogen) atoms. The number of hydrogen-bond acceptors (Lipinski definition) is 6. The van der Waals surface area contributed by atoms with Crippen molar-refractivity contribution in [3.8, 4) is 11.4 Å². The van der Waals surface area contributed by atoms with Gasteiger partial charge in [0, 0.05) is 44.4 Å².